The zero-order chi connectivity index (χ0) is 32.2. The van der Waals surface area contributed by atoms with Crippen LogP contribution in [0.25, 0.3) is 0 Å². The van der Waals surface area contributed by atoms with Crippen LogP contribution in [0, 0.1) is 0 Å². The molecule has 0 aromatic rings. The number of rotatable bonds is 25. The van der Waals surface area contributed by atoms with Crippen LogP contribution in [-0.4, -0.2) is 126 Å². The minimum Gasteiger partial charge on any atom is -0.387 e. The Morgan fingerprint density at radius 1 is 0.455 bits per heavy atom. The van der Waals surface area contributed by atoms with Crippen molar-refractivity contribution in [3.63, 3.8) is 0 Å². The van der Waals surface area contributed by atoms with Gasteiger partial charge in [-0.2, -0.15) is 0 Å². The Morgan fingerprint density at radius 3 is 1.39 bits per heavy atom. The van der Waals surface area contributed by atoms with Crippen molar-refractivity contribution >= 4 is 0 Å². The number of aliphatic hydroxyl groups is 1. The molecule has 2 fully saturated rings. The molecule has 2 aliphatic rings. The molecule has 1 N–H and O–H groups in total. The van der Waals surface area contributed by atoms with Gasteiger partial charge in [-0.25, -0.2) is 0 Å². The Bertz CT molecular complexity index is 880. The van der Waals surface area contributed by atoms with Gasteiger partial charge in [-0.15, -0.1) is 46.1 Å². The van der Waals surface area contributed by atoms with E-state index in [1.807, 2.05) is 0 Å². The van der Waals surface area contributed by atoms with E-state index in [4.69, 9.17) is 47.4 Å². The molecular formula is C33H50O11. The second-order valence-corrected chi connectivity index (χ2v) is 9.80. The summed E-state index contributed by atoms with van der Waals surface area (Å²) in [6, 6.07) is 0. The molecule has 2 heterocycles. The van der Waals surface area contributed by atoms with Crippen LogP contribution >= 0.6 is 0 Å². The van der Waals surface area contributed by atoms with Gasteiger partial charge >= 0.3 is 0 Å². The van der Waals surface area contributed by atoms with E-state index in [1.165, 1.54) is 0 Å². The van der Waals surface area contributed by atoms with E-state index in [1.54, 1.807) is 42.5 Å². The first-order valence-corrected chi connectivity index (χ1v) is 14.6. The van der Waals surface area contributed by atoms with Gasteiger partial charge in [-0.05, 0) is 0 Å². The summed E-state index contributed by atoms with van der Waals surface area (Å²) >= 11 is 0. The van der Waals surface area contributed by atoms with E-state index in [2.05, 4.69) is 46.1 Å². The van der Waals surface area contributed by atoms with Crippen molar-refractivity contribution in [2.24, 2.45) is 0 Å². The van der Waals surface area contributed by atoms with Gasteiger partial charge in [0.25, 0.3) is 0 Å². The summed E-state index contributed by atoms with van der Waals surface area (Å²) < 4.78 is 61.3. The number of ether oxygens (including phenoxy) is 10. The largest absolute Gasteiger partial charge is 0.387 e. The summed E-state index contributed by atoms with van der Waals surface area (Å²) in [6.45, 7) is 27.7. The predicted octanol–water partition coefficient (Wildman–Crippen LogP) is 3.07. The first-order valence-electron chi connectivity index (χ1n) is 14.6. The molecule has 0 unspecified atom stereocenters. The fourth-order valence-electron chi connectivity index (χ4n) is 4.75. The van der Waals surface area contributed by atoms with Gasteiger partial charge in [0.2, 0.25) is 0 Å². The summed E-state index contributed by atoms with van der Waals surface area (Å²) in [4.78, 5) is 0. The molecule has 2 saturated heterocycles. The van der Waals surface area contributed by atoms with Crippen molar-refractivity contribution < 1.29 is 52.5 Å². The Labute approximate surface area is 262 Å². The summed E-state index contributed by atoms with van der Waals surface area (Å²) in [5.41, 5.74) is 0. The third kappa shape index (κ3) is 11.6. The first-order chi connectivity index (χ1) is 21.5. The summed E-state index contributed by atoms with van der Waals surface area (Å²) in [7, 11) is 0. The van der Waals surface area contributed by atoms with Crippen molar-refractivity contribution in [1.82, 2.24) is 0 Å². The highest BCUT2D eigenvalue weighted by molar-refractivity contribution is 4.98. The Kier molecular flexibility index (Phi) is 19.2. The van der Waals surface area contributed by atoms with Gasteiger partial charge in [-0.3, -0.25) is 0 Å². The number of aliphatic hydroxyl groups excluding tert-OH is 1. The fourth-order valence-corrected chi connectivity index (χ4v) is 4.75. The van der Waals surface area contributed by atoms with Crippen LogP contribution in [-0.2, 0) is 47.4 Å². The maximum absolute atomic E-state index is 11.3. The van der Waals surface area contributed by atoms with Crippen LogP contribution in [0.2, 0.25) is 0 Å². The second kappa shape index (κ2) is 22.3. The smallest absolute Gasteiger partial charge is 0.187 e. The van der Waals surface area contributed by atoms with Crippen molar-refractivity contribution in [2.75, 3.05) is 59.5 Å². The molecule has 0 aromatic heterocycles. The molecule has 0 saturated carbocycles. The molecule has 2 aliphatic heterocycles. The van der Waals surface area contributed by atoms with Crippen LogP contribution in [0.4, 0.5) is 0 Å². The van der Waals surface area contributed by atoms with Crippen LogP contribution in [0.15, 0.2) is 88.6 Å². The average molecular weight is 623 g/mol. The highest BCUT2D eigenvalue weighted by Gasteiger charge is 2.53. The maximum Gasteiger partial charge on any atom is 0.187 e. The molecule has 0 spiro atoms. The molecular weight excluding hydrogens is 572 g/mol. The third-order valence-corrected chi connectivity index (χ3v) is 6.54. The minimum absolute atomic E-state index is 0.0428. The summed E-state index contributed by atoms with van der Waals surface area (Å²) in [6.07, 6.45) is 2.53. The van der Waals surface area contributed by atoms with Crippen molar-refractivity contribution in [1.29, 1.82) is 0 Å². The van der Waals surface area contributed by atoms with Gasteiger partial charge in [0.05, 0.1) is 59.5 Å². The van der Waals surface area contributed by atoms with Gasteiger partial charge in [0.1, 0.15) is 48.8 Å². The predicted molar refractivity (Wildman–Crippen MR) is 166 cm³/mol. The molecule has 0 amide bonds. The lowest BCUT2D eigenvalue weighted by Gasteiger charge is -2.49. The van der Waals surface area contributed by atoms with E-state index in [9.17, 15) is 5.11 Å². The van der Waals surface area contributed by atoms with E-state index >= 15 is 0 Å². The van der Waals surface area contributed by atoms with E-state index in [0.29, 0.717) is 0 Å². The van der Waals surface area contributed by atoms with E-state index < -0.39 is 61.4 Å². The summed E-state index contributed by atoms with van der Waals surface area (Å²) in [5, 5.41) is 11.3. The topological polar surface area (TPSA) is 113 Å². The number of hydrogen-bond acceptors (Lipinski definition) is 11. The zero-order valence-electron chi connectivity index (χ0n) is 25.7. The quantitative estimate of drug-likeness (QED) is 0.120. The monoisotopic (exact) mass is 622 g/mol. The van der Waals surface area contributed by atoms with E-state index in [-0.39, 0.29) is 59.5 Å². The zero-order valence-corrected chi connectivity index (χ0v) is 25.7. The molecule has 10 atom stereocenters. The van der Waals surface area contributed by atoms with E-state index in [0.717, 1.165) is 0 Å². The molecule has 0 radical (unpaired) electrons. The van der Waals surface area contributed by atoms with Gasteiger partial charge in [-0.1, -0.05) is 42.5 Å². The van der Waals surface area contributed by atoms with Crippen LogP contribution in [0.3, 0.4) is 0 Å². The Morgan fingerprint density at radius 2 is 0.864 bits per heavy atom. The molecule has 248 valence electrons. The average Bonchev–Trinajstić information content (AvgIpc) is 3.03. The molecule has 11 nitrogen and oxygen atoms in total. The van der Waals surface area contributed by atoms with Crippen molar-refractivity contribution in [2.45, 2.75) is 61.4 Å². The molecule has 11 heteroatoms. The van der Waals surface area contributed by atoms with Gasteiger partial charge in [0.15, 0.2) is 12.6 Å². The third-order valence-electron chi connectivity index (χ3n) is 6.54. The normalized spacial score (nSPS) is 31.9. The molecule has 0 aromatic carbocycles. The summed E-state index contributed by atoms with van der Waals surface area (Å²) in [5.74, 6) is 0. The Balaban J connectivity index is 2.54. The lowest BCUT2D eigenvalue weighted by Crippen LogP contribution is -2.66. The van der Waals surface area contributed by atoms with Gasteiger partial charge in [0, 0.05) is 0 Å². The second-order valence-electron chi connectivity index (χ2n) is 9.80. The molecule has 0 aliphatic carbocycles. The standard InChI is InChI=1S/C33H50O11/c1-8-15-35-22-24-26(34)28(37-17-10-3)30(39-19-12-5)33(42-24)44-27-25(23-36-16-9-2)43-32(41-21-14-7)31(40-20-13-6)29(27)38-18-11-4/h8-14,24-34H,1-7,15-23H2/t24-,25-,26-,27-,28+,29+,30-,31-,32-,33-/m1/s1. The SMILES string of the molecule is C=CCOC[C@H]1O[C@H](O[C@H]2[C@H](OCC=C)[C@@H](OCC=C)[C@H](OCC=C)O[C@@H]2COCC=C)[C@H](OCC=C)[C@@H](OCC=C)[C@@H]1O. The fraction of sp³-hybridized carbons (Fsp3) is 0.576. The van der Waals surface area contributed by atoms with Crippen LogP contribution in [0.5, 0.6) is 0 Å². The highest BCUT2D eigenvalue weighted by atomic mass is 16.8. The molecule has 0 bridgehead atoms. The Hall–Kier alpha value is -2.26. The van der Waals surface area contributed by atoms with Crippen LogP contribution < -0.4 is 0 Å². The lowest BCUT2D eigenvalue weighted by molar-refractivity contribution is -0.369. The number of hydrogen-bond donors (Lipinski definition) is 1. The molecule has 44 heavy (non-hydrogen) atoms. The van der Waals surface area contributed by atoms with Crippen molar-refractivity contribution in [3.8, 4) is 0 Å². The lowest BCUT2D eigenvalue weighted by atomic mass is 9.96. The maximum atomic E-state index is 11.3. The van der Waals surface area contributed by atoms with Gasteiger partial charge < -0.3 is 52.5 Å². The minimum atomic E-state index is -1.11. The molecule has 2 rings (SSSR count). The first kappa shape index (κ1) is 37.9. The van der Waals surface area contributed by atoms with Crippen LogP contribution in [0.1, 0.15) is 0 Å². The van der Waals surface area contributed by atoms with Crippen molar-refractivity contribution in [3.05, 3.63) is 88.6 Å². The highest BCUT2D eigenvalue weighted by Crippen LogP contribution is 2.34.